The zero-order valence-electron chi connectivity index (χ0n) is 23.5. The van der Waals surface area contributed by atoms with E-state index < -0.39 is 28.5 Å². The maximum atomic E-state index is 13.9. The van der Waals surface area contributed by atoms with Crippen LogP contribution < -0.4 is 19.1 Å². The van der Waals surface area contributed by atoms with Crippen molar-refractivity contribution in [2.45, 2.75) is 50.7 Å². The van der Waals surface area contributed by atoms with Crippen molar-refractivity contribution in [2.24, 2.45) is 0 Å². The monoisotopic (exact) mass is 567 g/mol. The van der Waals surface area contributed by atoms with Crippen LogP contribution in [0.3, 0.4) is 0 Å². The maximum Gasteiger partial charge on any atom is 0.264 e. The fraction of sp³-hybridized carbons (Fsp3) is 0.333. The first kappa shape index (κ1) is 30.5. The molecule has 0 saturated heterocycles. The van der Waals surface area contributed by atoms with Crippen LogP contribution in [-0.2, 0) is 26.2 Å². The number of methoxy groups -OCH3 is 2. The third-order valence-electron chi connectivity index (χ3n) is 6.65. The largest absolute Gasteiger partial charge is 0.497 e. The van der Waals surface area contributed by atoms with E-state index >= 15 is 0 Å². The summed E-state index contributed by atoms with van der Waals surface area (Å²) < 4.78 is 39.1. The summed E-state index contributed by atoms with van der Waals surface area (Å²) in [6, 6.07) is 20.6. The lowest BCUT2D eigenvalue weighted by Gasteiger charge is -2.32. The predicted octanol–water partition coefficient (Wildman–Crippen LogP) is 4.23. The molecule has 1 N–H and O–H groups in total. The second-order valence-corrected chi connectivity index (χ2v) is 11.2. The van der Waals surface area contributed by atoms with Crippen molar-refractivity contribution in [3.05, 3.63) is 84.4 Å². The van der Waals surface area contributed by atoms with Crippen molar-refractivity contribution in [2.75, 3.05) is 25.1 Å². The molecule has 2 unspecified atom stereocenters. The average Bonchev–Trinajstić information content (AvgIpc) is 2.98. The van der Waals surface area contributed by atoms with Crippen molar-refractivity contribution < 1.29 is 27.5 Å². The third-order valence-corrected chi connectivity index (χ3v) is 8.44. The topological polar surface area (TPSA) is 105 Å². The van der Waals surface area contributed by atoms with E-state index in [0.717, 1.165) is 16.3 Å². The van der Waals surface area contributed by atoms with Crippen LogP contribution in [0.15, 0.2) is 83.8 Å². The van der Waals surface area contributed by atoms with Gasteiger partial charge in [-0.3, -0.25) is 13.9 Å². The SMILES string of the molecule is CCC(C)NC(=O)C(C)N(Cc1ccc(OC)cc1)C(=O)CN(c1ccc(OC)cc1)S(=O)(=O)c1ccccc1. The van der Waals surface area contributed by atoms with Gasteiger partial charge in [0.2, 0.25) is 11.8 Å². The molecule has 0 radical (unpaired) electrons. The van der Waals surface area contributed by atoms with Gasteiger partial charge in [-0.05, 0) is 74.4 Å². The summed E-state index contributed by atoms with van der Waals surface area (Å²) in [5.41, 5.74) is 1.05. The minimum Gasteiger partial charge on any atom is -0.497 e. The Balaban J connectivity index is 2.01. The fourth-order valence-electron chi connectivity index (χ4n) is 3.97. The molecule has 0 heterocycles. The highest BCUT2D eigenvalue weighted by molar-refractivity contribution is 7.92. The molecule has 2 atom stereocenters. The number of carbonyl (C=O) groups excluding carboxylic acids is 2. The molecular weight excluding hydrogens is 530 g/mol. The van der Waals surface area contributed by atoms with Crippen LogP contribution in [0.1, 0.15) is 32.8 Å². The number of carbonyl (C=O) groups is 2. The molecule has 40 heavy (non-hydrogen) atoms. The molecule has 0 bridgehead atoms. The highest BCUT2D eigenvalue weighted by Gasteiger charge is 2.32. The van der Waals surface area contributed by atoms with Crippen LogP contribution in [0, 0.1) is 0 Å². The number of nitrogens with one attached hydrogen (secondary N) is 1. The minimum absolute atomic E-state index is 0.0443. The standard InChI is InChI=1S/C30H37N3O6S/c1-6-22(2)31-30(35)23(3)32(20-24-12-16-26(38-4)17-13-24)29(34)21-33(25-14-18-27(39-5)19-15-25)40(36,37)28-10-8-7-9-11-28/h7-19,22-23H,6,20-21H2,1-5H3,(H,31,35). The van der Waals surface area contributed by atoms with E-state index in [0.29, 0.717) is 17.2 Å². The van der Waals surface area contributed by atoms with Gasteiger partial charge in [-0.1, -0.05) is 37.3 Å². The van der Waals surface area contributed by atoms with Crippen LogP contribution >= 0.6 is 0 Å². The van der Waals surface area contributed by atoms with Crippen LogP contribution in [0.25, 0.3) is 0 Å². The Morgan fingerprint density at radius 1 is 0.850 bits per heavy atom. The Bertz CT molecular complexity index is 1360. The number of hydrogen-bond donors (Lipinski definition) is 1. The number of nitrogens with zero attached hydrogens (tertiary/aromatic N) is 2. The molecule has 214 valence electrons. The molecule has 0 spiro atoms. The van der Waals surface area contributed by atoms with Gasteiger partial charge in [-0.25, -0.2) is 8.42 Å². The lowest BCUT2D eigenvalue weighted by molar-refractivity contribution is -0.139. The molecule has 0 aliphatic rings. The zero-order chi connectivity index (χ0) is 29.3. The molecule has 0 fully saturated rings. The molecule has 9 nitrogen and oxygen atoms in total. The summed E-state index contributed by atoms with van der Waals surface area (Å²) in [7, 11) is -1.05. The summed E-state index contributed by atoms with van der Waals surface area (Å²) in [6.07, 6.45) is 0.728. The number of ether oxygens (including phenoxy) is 2. The van der Waals surface area contributed by atoms with Crippen LogP contribution in [-0.4, -0.2) is 58.0 Å². The van der Waals surface area contributed by atoms with Crippen LogP contribution in [0.2, 0.25) is 0 Å². The van der Waals surface area contributed by atoms with Crippen molar-refractivity contribution in [1.29, 1.82) is 0 Å². The van der Waals surface area contributed by atoms with Crippen LogP contribution in [0.5, 0.6) is 11.5 Å². The number of sulfonamides is 1. The molecule has 0 aliphatic carbocycles. The second kappa shape index (κ2) is 13.8. The number of amides is 2. The summed E-state index contributed by atoms with van der Waals surface area (Å²) in [5, 5.41) is 2.92. The summed E-state index contributed by atoms with van der Waals surface area (Å²) in [5.74, 6) is 0.350. The molecule has 0 saturated carbocycles. The van der Waals surface area contributed by atoms with E-state index in [1.54, 1.807) is 80.8 Å². The van der Waals surface area contributed by atoms with Gasteiger partial charge in [0, 0.05) is 12.6 Å². The van der Waals surface area contributed by atoms with Crippen molar-refractivity contribution in [3.63, 3.8) is 0 Å². The number of hydrogen-bond acceptors (Lipinski definition) is 6. The van der Waals surface area contributed by atoms with Gasteiger partial charge in [0.05, 0.1) is 24.8 Å². The number of rotatable bonds is 13. The van der Waals surface area contributed by atoms with Crippen molar-refractivity contribution in [1.82, 2.24) is 10.2 Å². The third kappa shape index (κ3) is 7.53. The Morgan fingerprint density at radius 2 is 1.40 bits per heavy atom. The molecule has 3 aromatic carbocycles. The van der Waals surface area contributed by atoms with Gasteiger partial charge in [0.1, 0.15) is 24.1 Å². The van der Waals surface area contributed by atoms with Gasteiger partial charge in [-0.15, -0.1) is 0 Å². The molecule has 3 aromatic rings. The maximum absolute atomic E-state index is 13.9. The number of anilines is 1. The van der Waals surface area contributed by atoms with Gasteiger partial charge >= 0.3 is 0 Å². The molecule has 10 heteroatoms. The second-order valence-electron chi connectivity index (χ2n) is 9.39. The zero-order valence-corrected chi connectivity index (χ0v) is 24.4. The molecule has 0 aromatic heterocycles. The predicted molar refractivity (Wildman–Crippen MR) is 155 cm³/mol. The first-order valence-electron chi connectivity index (χ1n) is 13.0. The van der Waals surface area contributed by atoms with Crippen molar-refractivity contribution in [3.8, 4) is 11.5 Å². The quantitative estimate of drug-likeness (QED) is 0.332. The van der Waals surface area contributed by atoms with Crippen LogP contribution in [0.4, 0.5) is 5.69 Å². The molecule has 0 aliphatic heterocycles. The Hall–Kier alpha value is -4.05. The van der Waals surface area contributed by atoms with Gasteiger partial charge in [0.25, 0.3) is 10.0 Å². The summed E-state index contributed by atoms with van der Waals surface area (Å²) in [6.45, 7) is 5.07. The summed E-state index contributed by atoms with van der Waals surface area (Å²) in [4.78, 5) is 28.5. The first-order chi connectivity index (χ1) is 19.1. The van der Waals surface area contributed by atoms with Gasteiger partial charge < -0.3 is 19.7 Å². The first-order valence-corrected chi connectivity index (χ1v) is 14.5. The molecule has 2 amide bonds. The van der Waals surface area contributed by atoms with Gasteiger partial charge in [-0.2, -0.15) is 0 Å². The van der Waals surface area contributed by atoms with E-state index in [1.807, 2.05) is 13.8 Å². The Kier molecular flexibility index (Phi) is 10.6. The lowest BCUT2D eigenvalue weighted by Crippen LogP contribution is -2.52. The lowest BCUT2D eigenvalue weighted by atomic mass is 10.1. The fourth-order valence-corrected chi connectivity index (χ4v) is 5.41. The van der Waals surface area contributed by atoms with Gasteiger partial charge in [0.15, 0.2) is 0 Å². The highest BCUT2D eigenvalue weighted by atomic mass is 32.2. The summed E-state index contributed by atoms with van der Waals surface area (Å²) >= 11 is 0. The van der Waals surface area contributed by atoms with E-state index in [4.69, 9.17) is 9.47 Å². The average molecular weight is 568 g/mol. The van der Waals surface area contributed by atoms with E-state index in [2.05, 4.69) is 5.32 Å². The number of benzene rings is 3. The highest BCUT2D eigenvalue weighted by Crippen LogP contribution is 2.26. The normalized spacial score (nSPS) is 12.6. The smallest absolute Gasteiger partial charge is 0.264 e. The van der Waals surface area contributed by atoms with E-state index in [1.165, 1.54) is 24.1 Å². The van der Waals surface area contributed by atoms with Crippen molar-refractivity contribution >= 4 is 27.5 Å². The minimum atomic E-state index is -4.13. The Morgan fingerprint density at radius 3 is 1.93 bits per heavy atom. The molecule has 3 rings (SSSR count). The van der Waals surface area contributed by atoms with E-state index in [9.17, 15) is 18.0 Å². The Labute approximate surface area is 236 Å². The molecular formula is C30H37N3O6S. The van der Waals surface area contributed by atoms with E-state index in [-0.39, 0.29) is 23.4 Å².